The zero-order chi connectivity index (χ0) is 23.5. The highest BCUT2D eigenvalue weighted by Crippen LogP contribution is 2.50. The molecule has 12 heteroatoms. The Bertz CT molecular complexity index is 1330. The van der Waals surface area contributed by atoms with E-state index in [1.54, 1.807) is 83.3 Å². The first kappa shape index (κ1) is 22.9. The Labute approximate surface area is 207 Å². The summed E-state index contributed by atoms with van der Waals surface area (Å²) < 4.78 is 53.2. The third kappa shape index (κ3) is 4.83. The molecule has 0 fully saturated rings. The Kier molecular flexibility index (Phi) is 6.59. The van der Waals surface area contributed by atoms with Crippen LogP contribution in [0.3, 0.4) is 0 Å². The van der Waals surface area contributed by atoms with Crippen LogP contribution in [0.4, 0.5) is 4.39 Å². The summed E-state index contributed by atoms with van der Waals surface area (Å²) in [5, 5.41) is 0. The zero-order valence-electron chi connectivity index (χ0n) is 17.4. The van der Waals surface area contributed by atoms with E-state index >= 15 is 4.39 Å². The minimum absolute atomic E-state index is 0.171. The third-order valence-electron chi connectivity index (χ3n) is 4.75. The number of para-hydroxylation sites is 2. The van der Waals surface area contributed by atoms with Crippen LogP contribution in [0.2, 0.25) is 0 Å². The van der Waals surface area contributed by atoms with Crippen LogP contribution in [-0.4, -0.2) is 32.2 Å². The summed E-state index contributed by atoms with van der Waals surface area (Å²) >= 11 is 1.80. The quantitative estimate of drug-likeness (QED) is 0.192. The molecule has 0 saturated heterocycles. The summed E-state index contributed by atoms with van der Waals surface area (Å²) in [7, 11) is -3.87. The fourth-order valence-corrected chi connectivity index (χ4v) is 5.18. The van der Waals surface area contributed by atoms with Gasteiger partial charge in [0.1, 0.15) is 23.3 Å². The second kappa shape index (κ2) is 9.79. The summed E-state index contributed by atoms with van der Waals surface area (Å²) in [4.78, 5) is 12.2. The SMILES string of the molecule is O=P(CO[C@H]1O[C@@H](n2cnc3cncnc32)C(F)=C1I)(Oc1ccccc1)Oc1ccccc1. The molecule has 2 atom stereocenters. The van der Waals surface area contributed by atoms with Gasteiger partial charge in [0.25, 0.3) is 0 Å². The van der Waals surface area contributed by atoms with Crippen molar-refractivity contribution in [3.63, 3.8) is 0 Å². The Hall–Kier alpha value is -2.86. The molecular weight excluding hydrogens is 577 g/mol. The Morgan fingerprint density at radius 3 is 2.32 bits per heavy atom. The number of hydrogen-bond acceptors (Lipinski definition) is 8. The second-order valence-corrected chi connectivity index (χ2v) is 10.1. The average Bonchev–Trinajstić information content (AvgIpc) is 3.40. The largest absolute Gasteiger partial charge is 0.456 e. The monoisotopic (exact) mass is 594 g/mol. The van der Waals surface area contributed by atoms with Crippen LogP contribution >= 0.6 is 30.2 Å². The van der Waals surface area contributed by atoms with Gasteiger partial charge < -0.3 is 18.5 Å². The van der Waals surface area contributed by atoms with Crippen molar-refractivity contribution in [3.05, 3.63) is 88.9 Å². The molecule has 0 spiro atoms. The number of imidazole rings is 1. The van der Waals surface area contributed by atoms with Crippen molar-refractivity contribution in [2.45, 2.75) is 12.5 Å². The zero-order valence-corrected chi connectivity index (χ0v) is 20.5. The number of rotatable bonds is 8. The normalized spacial score (nSPS) is 18.4. The van der Waals surface area contributed by atoms with Gasteiger partial charge in [0.05, 0.1) is 16.1 Å². The fraction of sp³-hybridized carbons (Fsp3) is 0.136. The molecule has 1 aliphatic rings. The molecule has 4 aromatic rings. The highest BCUT2D eigenvalue weighted by molar-refractivity contribution is 14.1. The van der Waals surface area contributed by atoms with E-state index in [1.807, 2.05) is 0 Å². The summed E-state index contributed by atoms with van der Waals surface area (Å²) in [5.74, 6) is 0.124. The van der Waals surface area contributed by atoms with E-state index in [0.29, 0.717) is 22.7 Å². The number of halogens is 2. The molecule has 0 N–H and O–H groups in total. The van der Waals surface area contributed by atoms with E-state index in [1.165, 1.54) is 23.4 Å². The molecule has 0 unspecified atom stereocenters. The predicted octanol–water partition coefficient (Wildman–Crippen LogP) is 5.62. The summed E-state index contributed by atoms with van der Waals surface area (Å²) in [6.07, 6.45) is 1.53. The van der Waals surface area contributed by atoms with Gasteiger partial charge in [-0.2, -0.15) is 0 Å². The number of nitrogens with zero attached hydrogens (tertiary/aromatic N) is 4. The molecule has 2 aromatic heterocycles. The Morgan fingerprint density at radius 2 is 1.68 bits per heavy atom. The number of fused-ring (bicyclic) bond motifs is 1. The van der Waals surface area contributed by atoms with E-state index in [0.717, 1.165) is 0 Å². The first-order chi connectivity index (χ1) is 16.5. The van der Waals surface area contributed by atoms with E-state index in [-0.39, 0.29) is 3.58 Å². The molecule has 9 nitrogen and oxygen atoms in total. The lowest BCUT2D eigenvalue weighted by Gasteiger charge is -2.22. The lowest BCUT2D eigenvalue weighted by atomic mass is 10.3. The average molecular weight is 594 g/mol. The van der Waals surface area contributed by atoms with Gasteiger partial charge in [-0.3, -0.25) is 4.57 Å². The van der Waals surface area contributed by atoms with Crippen molar-refractivity contribution in [2.75, 3.05) is 6.35 Å². The van der Waals surface area contributed by atoms with Gasteiger partial charge >= 0.3 is 7.60 Å². The lowest BCUT2D eigenvalue weighted by Crippen LogP contribution is -2.19. The molecule has 0 amide bonds. The molecule has 34 heavy (non-hydrogen) atoms. The fourth-order valence-electron chi connectivity index (χ4n) is 3.24. The van der Waals surface area contributed by atoms with Gasteiger partial charge in [-0.05, 0) is 46.9 Å². The van der Waals surface area contributed by atoms with Gasteiger partial charge in [-0.1, -0.05) is 36.4 Å². The van der Waals surface area contributed by atoms with Crippen LogP contribution in [-0.2, 0) is 14.0 Å². The maximum absolute atomic E-state index is 15.1. The van der Waals surface area contributed by atoms with E-state index in [4.69, 9.17) is 18.5 Å². The number of aromatic nitrogens is 4. The minimum Gasteiger partial charge on any atom is -0.415 e. The summed E-state index contributed by atoms with van der Waals surface area (Å²) in [5.41, 5.74) is 0.904. The maximum atomic E-state index is 15.1. The molecule has 0 saturated carbocycles. The molecule has 5 rings (SSSR count). The van der Waals surface area contributed by atoms with Crippen LogP contribution in [0, 0.1) is 0 Å². The number of hydrogen-bond donors (Lipinski definition) is 0. The molecule has 174 valence electrons. The van der Waals surface area contributed by atoms with Crippen molar-refractivity contribution in [1.82, 2.24) is 19.5 Å². The molecule has 0 bridgehead atoms. The smallest absolute Gasteiger partial charge is 0.415 e. The maximum Gasteiger partial charge on any atom is 0.456 e. The van der Waals surface area contributed by atoms with Crippen molar-refractivity contribution < 1.29 is 27.5 Å². The predicted molar refractivity (Wildman–Crippen MR) is 129 cm³/mol. The molecule has 1 aliphatic heterocycles. The van der Waals surface area contributed by atoms with Crippen LogP contribution in [0.15, 0.2) is 88.9 Å². The third-order valence-corrected chi connectivity index (χ3v) is 7.22. The topological polar surface area (TPSA) is 97.6 Å². The lowest BCUT2D eigenvalue weighted by molar-refractivity contribution is -0.130. The van der Waals surface area contributed by atoms with E-state index in [2.05, 4.69) is 15.0 Å². The summed E-state index contributed by atoms with van der Waals surface area (Å²) in [6.45, 7) is 0. The highest BCUT2D eigenvalue weighted by atomic mass is 127. The Balaban J connectivity index is 1.35. The van der Waals surface area contributed by atoms with Crippen LogP contribution in [0.1, 0.15) is 6.23 Å². The number of benzene rings is 2. The first-order valence-electron chi connectivity index (χ1n) is 10.1. The van der Waals surface area contributed by atoms with Crippen molar-refractivity contribution in [1.29, 1.82) is 0 Å². The highest BCUT2D eigenvalue weighted by Gasteiger charge is 2.39. The molecule has 0 radical (unpaired) electrons. The Morgan fingerprint density at radius 1 is 1.03 bits per heavy atom. The molecule has 0 aliphatic carbocycles. The van der Waals surface area contributed by atoms with Gasteiger partial charge in [0.2, 0.25) is 0 Å². The van der Waals surface area contributed by atoms with Gasteiger partial charge in [-0.15, -0.1) is 0 Å². The van der Waals surface area contributed by atoms with Crippen molar-refractivity contribution in [2.24, 2.45) is 0 Å². The van der Waals surface area contributed by atoms with Crippen LogP contribution in [0.25, 0.3) is 11.2 Å². The number of ether oxygens (including phenoxy) is 2. The minimum atomic E-state index is -3.87. The van der Waals surface area contributed by atoms with E-state index < -0.39 is 32.3 Å². The van der Waals surface area contributed by atoms with Crippen LogP contribution in [0.5, 0.6) is 11.5 Å². The standard InChI is InChI=1S/C22H17FIN4O5P/c23-18-19(24)22(31-21(18)28-13-27-17-11-25-12-26-20(17)28)30-14-34(29,32-15-7-3-1-4-8-15)33-16-9-5-2-6-10-16/h1-13,21-22H,14H2/t21-,22+/m1/s1. The molecule has 3 heterocycles. The van der Waals surface area contributed by atoms with Crippen LogP contribution < -0.4 is 9.05 Å². The second-order valence-electron chi connectivity index (χ2n) is 7.12. The summed E-state index contributed by atoms with van der Waals surface area (Å²) in [6, 6.07) is 17.2. The van der Waals surface area contributed by atoms with Crippen molar-refractivity contribution in [3.8, 4) is 11.5 Å². The van der Waals surface area contributed by atoms with E-state index in [9.17, 15) is 4.57 Å². The molecular formula is C22H17FIN4O5P. The first-order valence-corrected chi connectivity index (χ1v) is 12.9. The molecule has 2 aromatic carbocycles. The van der Waals surface area contributed by atoms with Gasteiger partial charge in [-0.25, -0.2) is 23.9 Å². The van der Waals surface area contributed by atoms with Gasteiger partial charge in [0, 0.05) is 0 Å². The van der Waals surface area contributed by atoms with Crippen molar-refractivity contribution >= 4 is 41.4 Å². The van der Waals surface area contributed by atoms with Gasteiger partial charge in [0.15, 0.2) is 30.3 Å².